The molecule has 3 aliphatic heterocycles. The average Bonchev–Trinajstić information content (AvgIpc) is 3.16. The van der Waals surface area contributed by atoms with E-state index in [4.69, 9.17) is 14.2 Å². The van der Waals surface area contributed by atoms with E-state index in [0.717, 1.165) is 50.6 Å². The van der Waals surface area contributed by atoms with Crippen molar-refractivity contribution >= 4 is 18.3 Å². The quantitative estimate of drug-likeness (QED) is 0.828. The van der Waals surface area contributed by atoms with Crippen molar-refractivity contribution in [2.24, 2.45) is 0 Å². The highest BCUT2D eigenvalue weighted by Gasteiger charge is 2.36. The second kappa shape index (κ2) is 9.13. The van der Waals surface area contributed by atoms with Crippen molar-refractivity contribution in [3.63, 3.8) is 0 Å². The van der Waals surface area contributed by atoms with Crippen molar-refractivity contribution in [2.45, 2.75) is 37.5 Å². The highest BCUT2D eigenvalue weighted by atomic mass is 35.5. The van der Waals surface area contributed by atoms with Crippen LogP contribution in [-0.2, 0) is 14.9 Å². The lowest BCUT2D eigenvalue weighted by Crippen LogP contribution is -2.47. The van der Waals surface area contributed by atoms with E-state index >= 15 is 0 Å². The molecule has 0 aliphatic carbocycles. The van der Waals surface area contributed by atoms with E-state index < -0.39 is 0 Å². The van der Waals surface area contributed by atoms with E-state index in [-0.39, 0.29) is 30.5 Å². The summed E-state index contributed by atoms with van der Waals surface area (Å²) < 4.78 is 16.6. The first kappa shape index (κ1) is 20.2. The van der Waals surface area contributed by atoms with E-state index in [0.29, 0.717) is 13.1 Å². The number of rotatable bonds is 5. The minimum absolute atomic E-state index is 0. The van der Waals surface area contributed by atoms with E-state index in [1.165, 1.54) is 24.8 Å². The van der Waals surface area contributed by atoms with E-state index in [2.05, 4.69) is 22.3 Å². The van der Waals surface area contributed by atoms with Crippen molar-refractivity contribution in [3.05, 3.63) is 23.8 Å². The lowest BCUT2D eigenvalue weighted by Gasteiger charge is -2.38. The van der Waals surface area contributed by atoms with Gasteiger partial charge in [-0.3, -0.25) is 9.69 Å². The van der Waals surface area contributed by atoms with Crippen LogP contribution in [0.3, 0.4) is 0 Å². The van der Waals surface area contributed by atoms with Gasteiger partial charge < -0.3 is 19.5 Å². The number of ether oxygens (including phenoxy) is 3. The second-order valence-electron chi connectivity index (χ2n) is 7.57. The molecule has 4 rings (SSSR count). The average molecular weight is 397 g/mol. The van der Waals surface area contributed by atoms with Gasteiger partial charge in [0.15, 0.2) is 11.5 Å². The molecule has 0 bridgehead atoms. The molecule has 7 heteroatoms. The maximum absolute atomic E-state index is 12.5. The molecular formula is C20H29ClN2O4. The fourth-order valence-electron chi connectivity index (χ4n) is 4.20. The normalized spacial score (nSPS) is 21.3. The largest absolute Gasteiger partial charge is 0.454 e. The summed E-state index contributed by atoms with van der Waals surface area (Å²) in [4.78, 5) is 14.7. The Balaban J connectivity index is 0.00000210. The zero-order valence-corrected chi connectivity index (χ0v) is 16.5. The lowest BCUT2D eigenvalue weighted by atomic mass is 9.74. The number of piperidine rings is 1. The molecule has 2 saturated heterocycles. The van der Waals surface area contributed by atoms with Crippen molar-refractivity contribution in [3.8, 4) is 11.5 Å². The Morgan fingerprint density at radius 3 is 2.59 bits per heavy atom. The van der Waals surface area contributed by atoms with Gasteiger partial charge in [-0.15, -0.1) is 12.4 Å². The third-order valence-corrected chi connectivity index (χ3v) is 5.87. The summed E-state index contributed by atoms with van der Waals surface area (Å²) in [6.07, 6.45) is 5.48. The summed E-state index contributed by atoms with van der Waals surface area (Å²) in [7, 11) is 0. The molecule has 1 N–H and O–H groups in total. The first-order valence-electron chi connectivity index (χ1n) is 9.72. The molecule has 0 saturated carbocycles. The molecular weight excluding hydrogens is 368 g/mol. The van der Waals surface area contributed by atoms with Gasteiger partial charge >= 0.3 is 0 Å². The van der Waals surface area contributed by atoms with Gasteiger partial charge in [-0.05, 0) is 56.5 Å². The Kier molecular flexibility index (Phi) is 6.84. The lowest BCUT2D eigenvalue weighted by molar-refractivity contribution is -0.123. The minimum atomic E-state index is -0.100. The highest BCUT2D eigenvalue weighted by Crippen LogP contribution is 2.40. The molecule has 3 heterocycles. The highest BCUT2D eigenvalue weighted by molar-refractivity contribution is 5.85. The first-order chi connectivity index (χ1) is 12.8. The van der Waals surface area contributed by atoms with Crippen LogP contribution in [0.15, 0.2) is 18.2 Å². The summed E-state index contributed by atoms with van der Waals surface area (Å²) in [6.45, 7) is 4.94. The molecule has 0 aromatic heterocycles. The van der Waals surface area contributed by atoms with Crippen LogP contribution in [0.1, 0.15) is 37.7 Å². The topological polar surface area (TPSA) is 60.0 Å². The summed E-state index contributed by atoms with van der Waals surface area (Å²) in [5.41, 5.74) is 1.10. The summed E-state index contributed by atoms with van der Waals surface area (Å²) in [5, 5.41) is 3.20. The van der Waals surface area contributed by atoms with Gasteiger partial charge in [0.05, 0.1) is 6.54 Å². The number of hydrogen-bond acceptors (Lipinski definition) is 5. The number of amides is 1. The number of carbonyl (C=O) groups excluding carboxylic acids is 1. The number of nitrogens with one attached hydrogen (secondary N) is 1. The fourth-order valence-corrected chi connectivity index (χ4v) is 4.20. The van der Waals surface area contributed by atoms with Crippen LogP contribution in [0, 0.1) is 0 Å². The van der Waals surface area contributed by atoms with Crippen LogP contribution >= 0.6 is 12.4 Å². The zero-order chi connectivity index (χ0) is 17.8. The Labute approximate surface area is 166 Å². The Morgan fingerprint density at radius 1 is 1.07 bits per heavy atom. The molecule has 0 spiro atoms. The number of likely N-dealkylation sites (tertiary alicyclic amines) is 1. The van der Waals surface area contributed by atoms with Crippen molar-refractivity contribution in [1.82, 2.24) is 10.2 Å². The van der Waals surface area contributed by atoms with Gasteiger partial charge in [0.1, 0.15) is 0 Å². The maximum Gasteiger partial charge on any atom is 0.234 e. The SMILES string of the molecule is Cl.O=C(CN1CCCCC1)NCC1(c2ccc3c(c2)OCO3)CCOCC1. The Morgan fingerprint density at radius 2 is 1.81 bits per heavy atom. The molecule has 0 radical (unpaired) electrons. The van der Waals surface area contributed by atoms with Crippen LogP contribution < -0.4 is 14.8 Å². The first-order valence-corrected chi connectivity index (χ1v) is 9.72. The summed E-state index contributed by atoms with van der Waals surface area (Å²) in [5.74, 6) is 1.72. The molecule has 1 amide bonds. The molecule has 6 nitrogen and oxygen atoms in total. The third-order valence-electron chi connectivity index (χ3n) is 5.87. The van der Waals surface area contributed by atoms with Crippen LogP contribution in [0.4, 0.5) is 0 Å². The summed E-state index contributed by atoms with van der Waals surface area (Å²) in [6, 6.07) is 6.16. The molecule has 1 aromatic carbocycles. The minimum Gasteiger partial charge on any atom is -0.454 e. The van der Waals surface area contributed by atoms with Gasteiger partial charge in [-0.1, -0.05) is 12.5 Å². The monoisotopic (exact) mass is 396 g/mol. The van der Waals surface area contributed by atoms with Crippen molar-refractivity contribution < 1.29 is 19.0 Å². The van der Waals surface area contributed by atoms with Gasteiger partial charge in [0.2, 0.25) is 12.7 Å². The molecule has 0 unspecified atom stereocenters. The molecule has 2 fully saturated rings. The van der Waals surface area contributed by atoms with E-state index in [9.17, 15) is 4.79 Å². The smallest absolute Gasteiger partial charge is 0.234 e. The molecule has 27 heavy (non-hydrogen) atoms. The van der Waals surface area contributed by atoms with Crippen molar-refractivity contribution in [1.29, 1.82) is 0 Å². The molecule has 150 valence electrons. The number of nitrogens with zero attached hydrogens (tertiary/aromatic N) is 1. The molecule has 3 aliphatic rings. The number of carbonyl (C=O) groups is 1. The van der Waals surface area contributed by atoms with Crippen LogP contribution in [0.5, 0.6) is 11.5 Å². The fraction of sp³-hybridized carbons (Fsp3) is 0.650. The van der Waals surface area contributed by atoms with Crippen LogP contribution in [0.2, 0.25) is 0 Å². The van der Waals surface area contributed by atoms with Gasteiger partial charge in [0.25, 0.3) is 0 Å². The van der Waals surface area contributed by atoms with Crippen LogP contribution in [0.25, 0.3) is 0 Å². The molecule has 1 aromatic rings. The third kappa shape index (κ3) is 4.68. The Hall–Kier alpha value is -1.50. The number of fused-ring (bicyclic) bond motifs is 1. The number of hydrogen-bond donors (Lipinski definition) is 1. The Bertz CT molecular complexity index is 643. The summed E-state index contributed by atoms with van der Waals surface area (Å²) >= 11 is 0. The maximum atomic E-state index is 12.5. The van der Waals surface area contributed by atoms with E-state index in [1.54, 1.807) is 0 Å². The van der Waals surface area contributed by atoms with Gasteiger partial charge in [0, 0.05) is 25.2 Å². The second-order valence-corrected chi connectivity index (χ2v) is 7.57. The standard InChI is InChI=1S/C20H28N2O4.ClH/c23-19(13-22-8-2-1-3-9-22)21-14-20(6-10-24-11-7-20)16-4-5-17-18(12-16)26-15-25-17;/h4-5,12H,1-3,6-11,13-15H2,(H,21,23);1H. The number of halogens is 1. The molecule has 0 atom stereocenters. The van der Waals surface area contributed by atoms with Crippen molar-refractivity contribution in [2.75, 3.05) is 46.2 Å². The van der Waals surface area contributed by atoms with Gasteiger partial charge in [-0.2, -0.15) is 0 Å². The van der Waals surface area contributed by atoms with E-state index in [1.807, 2.05) is 6.07 Å². The predicted octanol–water partition coefficient (Wildman–Crippen LogP) is 2.49. The van der Waals surface area contributed by atoms with Gasteiger partial charge in [-0.25, -0.2) is 0 Å². The number of benzene rings is 1. The van der Waals surface area contributed by atoms with Crippen LogP contribution in [-0.4, -0.2) is 57.0 Å². The zero-order valence-electron chi connectivity index (χ0n) is 15.7. The predicted molar refractivity (Wildman–Crippen MR) is 105 cm³/mol.